The van der Waals surface area contributed by atoms with Crippen LogP contribution >= 0.6 is 0 Å². The molecule has 0 fully saturated rings. The van der Waals surface area contributed by atoms with E-state index >= 15 is 0 Å². The van der Waals surface area contributed by atoms with Crippen molar-refractivity contribution >= 4 is 113 Å². The lowest BCUT2D eigenvalue weighted by molar-refractivity contribution is 1.24. The van der Waals surface area contributed by atoms with Gasteiger partial charge in [0.15, 0.2) is 0 Å². The Morgan fingerprint density at radius 1 is 0.254 bits per heavy atom. The molecule has 314 valence electrons. The second-order valence-electron chi connectivity index (χ2n) is 17.3. The fraction of sp³-hybridized carbons (Fsp3) is 0. The molecular formula is C62H43BN4. The Morgan fingerprint density at radius 3 is 0.985 bits per heavy atom. The monoisotopic (exact) mass is 854 g/mol. The highest BCUT2D eigenvalue weighted by molar-refractivity contribution is 7.00. The van der Waals surface area contributed by atoms with Gasteiger partial charge in [-0.2, -0.15) is 0 Å². The molecule has 0 saturated heterocycles. The number of nitrogens with zero attached hydrogens (tertiary/aromatic N) is 4. The van der Waals surface area contributed by atoms with Crippen molar-refractivity contribution in [1.29, 1.82) is 0 Å². The maximum Gasteiger partial charge on any atom is 0.252 e. The summed E-state index contributed by atoms with van der Waals surface area (Å²) < 4.78 is 0. The summed E-state index contributed by atoms with van der Waals surface area (Å²) in [4.78, 5) is 9.83. The molecule has 0 N–H and O–H groups in total. The normalized spacial score (nSPS) is 12.4. The van der Waals surface area contributed by atoms with Gasteiger partial charge in [0.1, 0.15) is 0 Å². The summed E-state index contributed by atoms with van der Waals surface area (Å²) in [6.45, 7) is -0.0689. The third kappa shape index (κ3) is 6.39. The molecule has 2 aliphatic heterocycles. The van der Waals surface area contributed by atoms with Gasteiger partial charge >= 0.3 is 0 Å². The summed E-state index contributed by atoms with van der Waals surface area (Å²) in [5, 5.41) is 4.82. The van der Waals surface area contributed by atoms with Crippen LogP contribution in [0.25, 0.3) is 21.5 Å². The van der Waals surface area contributed by atoms with Gasteiger partial charge in [0.05, 0.1) is 11.4 Å². The number of benzene rings is 11. The SMILES string of the molecule is c1ccc(N(c2ccccc2)c2ccc3c(c2)N(c2cccc4ccccc24)c2cccc4c2B3c2ccc(N(c3ccccc3)c3ccccc3)cc2N4c2cccc3ccccc23)cc1. The molecule has 5 heteroatoms. The summed E-state index contributed by atoms with van der Waals surface area (Å²) in [6, 6.07) is 95.1. The minimum atomic E-state index is -0.0689. The Bertz CT molecular complexity index is 3290. The van der Waals surface area contributed by atoms with Gasteiger partial charge in [-0.3, -0.25) is 0 Å². The minimum absolute atomic E-state index is 0.0689. The third-order valence-corrected chi connectivity index (χ3v) is 13.6. The molecule has 0 atom stereocenters. The molecule has 11 aromatic carbocycles. The van der Waals surface area contributed by atoms with Gasteiger partial charge in [0.2, 0.25) is 0 Å². The fourth-order valence-electron chi connectivity index (χ4n) is 10.7. The first-order valence-corrected chi connectivity index (χ1v) is 23.1. The van der Waals surface area contributed by atoms with Crippen molar-refractivity contribution in [3.05, 3.63) is 261 Å². The molecule has 0 amide bonds. The van der Waals surface area contributed by atoms with Crippen LogP contribution in [0.1, 0.15) is 0 Å². The van der Waals surface area contributed by atoms with Gasteiger partial charge < -0.3 is 19.6 Å². The van der Waals surface area contributed by atoms with E-state index < -0.39 is 0 Å². The molecule has 0 unspecified atom stereocenters. The summed E-state index contributed by atoms with van der Waals surface area (Å²) in [7, 11) is 0. The van der Waals surface area contributed by atoms with E-state index in [0.29, 0.717) is 0 Å². The molecule has 0 aromatic heterocycles. The Morgan fingerprint density at radius 2 is 0.582 bits per heavy atom. The lowest BCUT2D eigenvalue weighted by atomic mass is 9.33. The average Bonchev–Trinajstić information content (AvgIpc) is 3.40. The predicted molar refractivity (Wildman–Crippen MR) is 285 cm³/mol. The molecule has 0 spiro atoms. The van der Waals surface area contributed by atoms with Crippen LogP contribution in [0.4, 0.5) is 68.2 Å². The average molecular weight is 855 g/mol. The van der Waals surface area contributed by atoms with Gasteiger partial charge in [0, 0.05) is 67.6 Å². The van der Waals surface area contributed by atoms with Gasteiger partial charge in [-0.15, -0.1) is 0 Å². The number of anilines is 12. The lowest BCUT2D eigenvalue weighted by Crippen LogP contribution is -2.61. The molecule has 2 aliphatic rings. The van der Waals surface area contributed by atoms with Gasteiger partial charge in [-0.1, -0.05) is 164 Å². The van der Waals surface area contributed by atoms with Gasteiger partial charge in [-0.05, 0) is 124 Å². The van der Waals surface area contributed by atoms with E-state index in [1.165, 1.54) is 49.3 Å². The summed E-state index contributed by atoms with van der Waals surface area (Å²) in [6.07, 6.45) is 0. The molecule has 13 rings (SSSR count). The number of hydrogen-bond acceptors (Lipinski definition) is 4. The Kier molecular flexibility index (Phi) is 9.24. The first-order chi connectivity index (χ1) is 33.3. The number of rotatable bonds is 8. The second-order valence-corrected chi connectivity index (χ2v) is 17.3. The van der Waals surface area contributed by atoms with E-state index in [1.807, 2.05) is 0 Å². The highest BCUT2D eigenvalue weighted by Gasteiger charge is 2.44. The molecular weight excluding hydrogens is 812 g/mol. The van der Waals surface area contributed by atoms with Crippen LogP contribution in [0, 0.1) is 0 Å². The van der Waals surface area contributed by atoms with Crippen molar-refractivity contribution in [3.8, 4) is 0 Å². The zero-order valence-electron chi connectivity index (χ0n) is 36.7. The zero-order chi connectivity index (χ0) is 44.3. The molecule has 11 aromatic rings. The van der Waals surface area contributed by atoms with Crippen molar-refractivity contribution in [2.24, 2.45) is 0 Å². The largest absolute Gasteiger partial charge is 0.311 e. The molecule has 0 bridgehead atoms. The number of para-hydroxylation sites is 4. The van der Waals surface area contributed by atoms with Crippen LogP contribution in [0.3, 0.4) is 0 Å². The summed E-state index contributed by atoms with van der Waals surface area (Å²) in [5.74, 6) is 0. The van der Waals surface area contributed by atoms with E-state index in [1.54, 1.807) is 0 Å². The Balaban J connectivity index is 1.11. The summed E-state index contributed by atoms with van der Waals surface area (Å²) in [5.41, 5.74) is 17.3. The van der Waals surface area contributed by atoms with Crippen LogP contribution in [-0.2, 0) is 0 Å². The summed E-state index contributed by atoms with van der Waals surface area (Å²) >= 11 is 0. The van der Waals surface area contributed by atoms with Crippen molar-refractivity contribution in [1.82, 2.24) is 0 Å². The maximum atomic E-state index is 2.54. The first kappa shape index (κ1) is 38.6. The predicted octanol–water partition coefficient (Wildman–Crippen LogP) is 15.0. The standard InChI is InChI=1S/C62H43BN4/c1-5-24-46(25-6-1)64(47-26-7-2-8-27-47)50-38-40-54-60(42-50)66(56-34-17-22-44-20-13-15-32-52(44)56)58-36-19-37-59-62(58)63(54)55-41-39-51(65(48-28-9-3-10-29-48)49-30-11-4-12-31-49)43-61(55)67(59)57-35-18-23-45-21-14-16-33-53(45)57/h1-43H. The number of fused-ring (bicyclic) bond motifs is 6. The quantitative estimate of drug-likeness (QED) is 0.141. The molecule has 4 nitrogen and oxygen atoms in total. The molecule has 0 saturated carbocycles. The smallest absolute Gasteiger partial charge is 0.252 e. The highest BCUT2D eigenvalue weighted by Crippen LogP contribution is 2.49. The Hall–Kier alpha value is -8.80. The van der Waals surface area contributed by atoms with E-state index in [9.17, 15) is 0 Å². The topological polar surface area (TPSA) is 13.0 Å². The molecule has 0 aliphatic carbocycles. The van der Waals surface area contributed by atoms with Gasteiger partial charge in [0.25, 0.3) is 6.71 Å². The molecule has 2 heterocycles. The number of hydrogen-bond donors (Lipinski definition) is 0. The van der Waals surface area contributed by atoms with Crippen molar-refractivity contribution in [3.63, 3.8) is 0 Å². The van der Waals surface area contributed by atoms with Crippen molar-refractivity contribution < 1.29 is 0 Å². The van der Waals surface area contributed by atoms with Crippen LogP contribution < -0.4 is 36.0 Å². The van der Waals surface area contributed by atoms with Crippen molar-refractivity contribution in [2.45, 2.75) is 0 Å². The van der Waals surface area contributed by atoms with E-state index in [-0.39, 0.29) is 6.71 Å². The van der Waals surface area contributed by atoms with Crippen LogP contribution in [0.15, 0.2) is 261 Å². The lowest BCUT2D eigenvalue weighted by Gasteiger charge is -2.45. The molecule has 0 radical (unpaired) electrons. The van der Waals surface area contributed by atoms with Gasteiger partial charge in [-0.25, -0.2) is 0 Å². The van der Waals surface area contributed by atoms with E-state index in [2.05, 4.69) is 280 Å². The van der Waals surface area contributed by atoms with Crippen LogP contribution in [0.2, 0.25) is 0 Å². The molecule has 67 heavy (non-hydrogen) atoms. The second kappa shape index (κ2) is 16.0. The van der Waals surface area contributed by atoms with E-state index in [0.717, 1.165) is 56.9 Å². The first-order valence-electron chi connectivity index (χ1n) is 23.1. The van der Waals surface area contributed by atoms with Crippen LogP contribution in [-0.4, -0.2) is 6.71 Å². The zero-order valence-corrected chi connectivity index (χ0v) is 36.7. The van der Waals surface area contributed by atoms with Crippen molar-refractivity contribution in [2.75, 3.05) is 19.6 Å². The fourth-order valence-corrected chi connectivity index (χ4v) is 10.7. The van der Waals surface area contributed by atoms with Crippen LogP contribution in [0.5, 0.6) is 0 Å². The third-order valence-electron chi connectivity index (χ3n) is 13.6. The maximum absolute atomic E-state index is 2.54. The minimum Gasteiger partial charge on any atom is -0.311 e. The van der Waals surface area contributed by atoms with E-state index in [4.69, 9.17) is 0 Å². The Labute approximate surface area is 391 Å². The highest BCUT2D eigenvalue weighted by atomic mass is 15.2.